The molecule has 1 N–H and O–H groups in total. The van der Waals surface area contributed by atoms with Crippen molar-refractivity contribution in [2.75, 3.05) is 13.2 Å². The van der Waals surface area contributed by atoms with Gasteiger partial charge in [-0.25, -0.2) is 0 Å². The van der Waals surface area contributed by atoms with Crippen LogP contribution >= 0.6 is 0 Å². The highest BCUT2D eigenvalue weighted by molar-refractivity contribution is 6.06. The number of para-hydroxylation sites is 1. The van der Waals surface area contributed by atoms with Gasteiger partial charge in [-0.3, -0.25) is 9.78 Å². The summed E-state index contributed by atoms with van der Waals surface area (Å²) in [5, 5.41) is 4.02. The van der Waals surface area contributed by atoms with Crippen LogP contribution in [0.2, 0.25) is 0 Å². The minimum atomic E-state index is -0.153. The number of carbonyl (C=O) groups is 1. The van der Waals surface area contributed by atoms with E-state index in [1.807, 2.05) is 55.5 Å². The molecule has 0 saturated heterocycles. The van der Waals surface area contributed by atoms with Crippen molar-refractivity contribution < 1.29 is 14.3 Å². The largest absolute Gasteiger partial charge is 0.486 e. The number of hydrogen-bond donors (Lipinski definition) is 1. The highest BCUT2D eigenvalue weighted by Crippen LogP contribution is 2.40. The molecule has 1 fully saturated rings. The van der Waals surface area contributed by atoms with Crippen molar-refractivity contribution >= 4 is 16.8 Å². The van der Waals surface area contributed by atoms with E-state index in [4.69, 9.17) is 14.5 Å². The van der Waals surface area contributed by atoms with E-state index < -0.39 is 0 Å². The first kappa shape index (κ1) is 17.0. The molecule has 5 nitrogen and oxygen atoms in total. The molecule has 0 bridgehead atoms. The molecule has 0 radical (unpaired) electrons. The van der Waals surface area contributed by atoms with Crippen LogP contribution in [-0.2, 0) is 0 Å². The maximum atomic E-state index is 13.1. The molecule has 142 valence electrons. The first-order valence-corrected chi connectivity index (χ1v) is 9.79. The molecule has 2 aromatic carbocycles. The number of amides is 1. The smallest absolute Gasteiger partial charge is 0.252 e. The van der Waals surface area contributed by atoms with Gasteiger partial charge >= 0.3 is 0 Å². The number of rotatable bonds is 4. The fourth-order valence-electron chi connectivity index (χ4n) is 3.66. The van der Waals surface area contributed by atoms with Crippen LogP contribution in [0.4, 0.5) is 0 Å². The molecule has 2 aliphatic rings. The highest BCUT2D eigenvalue weighted by atomic mass is 16.6. The molecule has 1 aromatic heterocycles. The Bertz CT molecular complexity index is 1060. The van der Waals surface area contributed by atoms with Crippen molar-refractivity contribution in [1.29, 1.82) is 0 Å². The molecule has 1 aliphatic heterocycles. The Kier molecular flexibility index (Phi) is 4.15. The predicted molar refractivity (Wildman–Crippen MR) is 107 cm³/mol. The van der Waals surface area contributed by atoms with E-state index in [0.29, 0.717) is 24.7 Å². The fourth-order valence-corrected chi connectivity index (χ4v) is 3.66. The van der Waals surface area contributed by atoms with Crippen molar-refractivity contribution in [1.82, 2.24) is 10.3 Å². The lowest BCUT2D eigenvalue weighted by Gasteiger charge is -2.21. The van der Waals surface area contributed by atoms with Crippen molar-refractivity contribution in [3.63, 3.8) is 0 Å². The third-order valence-electron chi connectivity index (χ3n) is 5.39. The molecular weight excluding hydrogens is 352 g/mol. The molecule has 5 heteroatoms. The summed E-state index contributed by atoms with van der Waals surface area (Å²) in [6.07, 6.45) is 2.31. The maximum Gasteiger partial charge on any atom is 0.252 e. The molecule has 1 unspecified atom stereocenters. The number of ether oxygens (including phenoxy) is 2. The third kappa shape index (κ3) is 3.17. The maximum absolute atomic E-state index is 13.1. The lowest BCUT2D eigenvalue weighted by atomic mass is 10.0. The zero-order valence-corrected chi connectivity index (χ0v) is 15.8. The number of fused-ring (bicyclic) bond motifs is 2. The quantitative estimate of drug-likeness (QED) is 0.736. The number of aromatic nitrogens is 1. The van der Waals surface area contributed by atoms with Gasteiger partial charge in [0.2, 0.25) is 0 Å². The van der Waals surface area contributed by atoms with Crippen LogP contribution in [0.1, 0.15) is 53.3 Å². The molecule has 5 rings (SSSR count). The van der Waals surface area contributed by atoms with E-state index >= 15 is 0 Å². The molecular formula is C23H22N2O3. The summed E-state index contributed by atoms with van der Waals surface area (Å²) in [6.45, 7) is 3.09. The molecule has 1 amide bonds. The molecule has 1 saturated carbocycles. The van der Waals surface area contributed by atoms with Gasteiger partial charge in [-0.05, 0) is 49.6 Å². The molecule has 3 aromatic rings. The number of hydrogen-bond acceptors (Lipinski definition) is 4. The van der Waals surface area contributed by atoms with Crippen LogP contribution in [0.5, 0.6) is 11.5 Å². The standard InChI is InChI=1S/C23H22N2O3/c1-14(16-8-9-21-22(12-16)28-11-10-27-21)24-23(26)18-13-20(15-6-7-15)25-19-5-3-2-4-17(18)19/h2-5,8-9,12-15H,6-7,10-11H2,1H3,(H,24,26). The van der Waals surface area contributed by atoms with E-state index in [9.17, 15) is 4.79 Å². The summed E-state index contributed by atoms with van der Waals surface area (Å²) in [6, 6.07) is 15.5. The summed E-state index contributed by atoms with van der Waals surface area (Å²) < 4.78 is 11.2. The Morgan fingerprint density at radius 1 is 1.07 bits per heavy atom. The Morgan fingerprint density at radius 3 is 2.68 bits per heavy atom. The molecule has 1 aliphatic carbocycles. The Morgan fingerprint density at radius 2 is 1.86 bits per heavy atom. The summed E-state index contributed by atoms with van der Waals surface area (Å²) in [5.74, 6) is 1.90. The number of benzene rings is 2. The SMILES string of the molecule is CC(NC(=O)c1cc(C2CC2)nc2ccccc12)c1ccc2c(c1)OCCO2. The highest BCUT2D eigenvalue weighted by Gasteiger charge is 2.27. The Labute approximate surface area is 163 Å². The summed E-state index contributed by atoms with van der Waals surface area (Å²) >= 11 is 0. The summed E-state index contributed by atoms with van der Waals surface area (Å²) in [5.41, 5.74) is 3.58. The van der Waals surface area contributed by atoms with Crippen LogP contribution in [0.3, 0.4) is 0 Å². The molecule has 28 heavy (non-hydrogen) atoms. The second kappa shape index (κ2) is 6.82. The monoisotopic (exact) mass is 374 g/mol. The lowest BCUT2D eigenvalue weighted by Crippen LogP contribution is -2.27. The van der Waals surface area contributed by atoms with Gasteiger partial charge in [0.1, 0.15) is 13.2 Å². The Hall–Kier alpha value is -3.08. The van der Waals surface area contributed by atoms with Gasteiger partial charge in [-0.15, -0.1) is 0 Å². The van der Waals surface area contributed by atoms with E-state index in [1.54, 1.807) is 0 Å². The van der Waals surface area contributed by atoms with E-state index in [1.165, 1.54) is 0 Å². The second-order valence-electron chi connectivity index (χ2n) is 7.48. The van der Waals surface area contributed by atoms with Gasteiger partial charge in [0.05, 0.1) is 17.1 Å². The van der Waals surface area contributed by atoms with Gasteiger partial charge in [0.15, 0.2) is 11.5 Å². The van der Waals surface area contributed by atoms with Crippen molar-refractivity contribution in [2.45, 2.75) is 31.7 Å². The van der Waals surface area contributed by atoms with Crippen LogP contribution in [0.25, 0.3) is 10.9 Å². The molecule has 2 heterocycles. The normalized spacial score (nSPS) is 16.6. The van der Waals surface area contributed by atoms with Crippen LogP contribution in [-0.4, -0.2) is 24.1 Å². The van der Waals surface area contributed by atoms with Gasteiger partial charge in [0.25, 0.3) is 5.91 Å². The van der Waals surface area contributed by atoms with Gasteiger partial charge in [-0.1, -0.05) is 24.3 Å². The van der Waals surface area contributed by atoms with Crippen LogP contribution < -0.4 is 14.8 Å². The van der Waals surface area contributed by atoms with E-state index in [2.05, 4.69) is 5.32 Å². The Balaban J connectivity index is 1.43. The first-order chi connectivity index (χ1) is 13.7. The van der Waals surface area contributed by atoms with Crippen molar-refractivity contribution in [3.8, 4) is 11.5 Å². The topological polar surface area (TPSA) is 60.5 Å². The number of nitrogens with zero attached hydrogens (tertiary/aromatic N) is 1. The average Bonchev–Trinajstić information content (AvgIpc) is 3.58. The number of nitrogens with one attached hydrogen (secondary N) is 1. The van der Waals surface area contributed by atoms with Crippen molar-refractivity contribution in [3.05, 3.63) is 65.4 Å². The van der Waals surface area contributed by atoms with Crippen molar-refractivity contribution in [2.24, 2.45) is 0 Å². The minimum Gasteiger partial charge on any atom is -0.486 e. The zero-order chi connectivity index (χ0) is 19.1. The van der Waals surface area contributed by atoms with Gasteiger partial charge in [-0.2, -0.15) is 0 Å². The summed E-state index contributed by atoms with van der Waals surface area (Å²) in [7, 11) is 0. The second-order valence-corrected chi connectivity index (χ2v) is 7.48. The summed E-state index contributed by atoms with van der Waals surface area (Å²) in [4.78, 5) is 17.9. The first-order valence-electron chi connectivity index (χ1n) is 9.79. The van der Waals surface area contributed by atoms with E-state index in [-0.39, 0.29) is 11.9 Å². The fraction of sp³-hybridized carbons (Fsp3) is 0.304. The third-order valence-corrected chi connectivity index (χ3v) is 5.39. The zero-order valence-electron chi connectivity index (χ0n) is 15.8. The van der Waals surface area contributed by atoms with Gasteiger partial charge < -0.3 is 14.8 Å². The number of carbonyl (C=O) groups excluding carboxylic acids is 1. The van der Waals surface area contributed by atoms with Crippen LogP contribution in [0.15, 0.2) is 48.5 Å². The lowest BCUT2D eigenvalue weighted by molar-refractivity contribution is 0.0941. The molecule has 0 spiro atoms. The van der Waals surface area contributed by atoms with Crippen LogP contribution in [0, 0.1) is 0 Å². The predicted octanol–water partition coefficient (Wildman–Crippen LogP) is 4.37. The molecule has 1 atom stereocenters. The number of pyridine rings is 1. The van der Waals surface area contributed by atoms with Gasteiger partial charge in [0, 0.05) is 17.0 Å². The average molecular weight is 374 g/mol. The minimum absolute atomic E-state index is 0.0807. The van der Waals surface area contributed by atoms with E-state index in [0.717, 1.165) is 46.5 Å².